The first kappa shape index (κ1) is 16.6. The van der Waals surface area contributed by atoms with Gasteiger partial charge in [0.1, 0.15) is 0 Å². The van der Waals surface area contributed by atoms with Crippen LogP contribution in [0.25, 0.3) is 0 Å². The molecule has 20 heavy (non-hydrogen) atoms. The lowest BCUT2D eigenvalue weighted by atomic mass is 10.1. The molecule has 0 aliphatic carbocycles. The Hall–Kier alpha value is -1.50. The molecule has 1 atom stereocenters. The highest BCUT2D eigenvalue weighted by molar-refractivity contribution is 5.52. The van der Waals surface area contributed by atoms with Gasteiger partial charge in [0.15, 0.2) is 0 Å². The molecule has 1 aromatic rings. The van der Waals surface area contributed by atoms with Gasteiger partial charge in [-0.25, -0.2) is 0 Å². The quantitative estimate of drug-likeness (QED) is 0.810. The first-order valence-electron chi connectivity index (χ1n) is 6.99. The molecule has 0 radical (unpaired) electrons. The molecule has 1 unspecified atom stereocenters. The Balaban J connectivity index is 2.64. The third-order valence-electron chi connectivity index (χ3n) is 2.90. The van der Waals surface area contributed by atoms with Crippen molar-refractivity contribution in [1.29, 1.82) is 0 Å². The number of nitrogens with zero attached hydrogens (tertiary/aromatic N) is 1. The predicted molar refractivity (Wildman–Crippen MR) is 84.0 cm³/mol. The highest BCUT2D eigenvalue weighted by atomic mass is 16.5. The summed E-state index contributed by atoms with van der Waals surface area (Å²) in [5.74, 6) is 2.63. The summed E-state index contributed by atoms with van der Waals surface area (Å²) in [5.41, 5.74) is 1.64. The van der Waals surface area contributed by atoms with Crippen LogP contribution in [-0.2, 0) is 4.74 Å². The van der Waals surface area contributed by atoms with Crippen LogP contribution in [0.2, 0.25) is 0 Å². The molecule has 3 nitrogen and oxygen atoms in total. The van der Waals surface area contributed by atoms with Crippen molar-refractivity contribution in [3.63, 3.8) is 0 Å². The van der Waals surface area contributed by atoms with Crippen LogP contribution in [0.1, 0.15) is 33.3 Å². The number of likely N-dealkylation sites (N-methyl/N-ethyl adjacent to an activating group) is 1. The summed E-state index contributed by atoms with van der Waals surface area (Å²) in [4.78, 5) is 2.09. The number of rotatable bonds is 6. The fourth-order valence-corrected chi connectivity index (χ4v) is 1.86. The van der Waals surface area contributed by atoms with Crippen molar-refractivity contribution in [3.8, 4) is 12.3 Å². The van der Waals surface area contributed by atoms with Gasteiger partial charge in [0.2, 0.25) is 0 Å². The van der Waals surface area contributed by atoms with Crippen molar-refractivity contribution in [1.82, 2.24) is 0 Å². The maximum Gasteiger partial charge on any atom is 0.0948 e. The van der Waals surface area contributed by atoms with Crippen LogP contribution in [0.3, 0.4) is 0 Å². The minimum absolute atomic E-state index is 0.235. The highest BCUT2D eigenvalue weighted by Gasteiger charge is 2.16. The molecule has 1 N–H and O–H groups in total. The minimum Gasteiger partial charge on any atom is -0.389 e. The van der Waals surface area contributed by atoms with Crippen LogP contribution in [-0.4, -0.2) is 36.5 Å². The summed E-state index contributed by atoms with van der Waals surface area (Å²) < 4.78 is 5.61. The van der Waals surface area contributed by atoms with Gasteiger partial charge in [-0.1, -0.05) is 12.0 Å². The number of hydrogen-bond acceptors (Lipinski definition) is 3. The highest BCUT2D eigenvalue weighted by Crippen LogP contribution is 2.16. The van der Waals surface area contributed by atoms with Crippen molar-refractivity contribution >= 4 is 5.69 Å². The normalized spacial score (nSPS) is 12.8. The average molecular weight is 275 g/mol. The maximum absolute atomic E-state index is 10.1. The van der Waals surface area contributed by atoms with E-state index in [1.807, 2.05) is 45.0 Å². The Morgan fingerprint density at radius 3 is 2.65 bits per heavy atom. The lowest BCUT2D eigenvalue weighted by molar-refractivity contribution is -0.0463. The topological polar surface area (TPSA) is 32.7 Å². The molecule has 0 amide bonds. The van der Waals surface area contributed by atoms with E-state index in [9.17, 15) is 5.11 Å². The molecule has 3 heteroatoms. The lowest BCUT2D eigenvalue weighted by Crippen LogP contribution is -2.37. The number of hydrogen-bond donors (Lipinski definition) is 1. The average Bonchev–Trinajstić information content (AvgIpc) is 2.41. The SMILES string of the molecule is C#Cc1cccc(N(CC)CC(O)COC(C)(C)C)c1. The van der Waals surface area contributed by atoms with Gasteiger partial charge >= 0.3 is 0 Å². The largest absolute Gasteiger partial charge is 0.389 e. The van der Waals surface area contributed by atoms with Gasteiger partial charge in [0.05, 0.1) is 18.3 Å². The smallest absolute Gasteiger partial charge is 0.0948 e. The third-order valence-corrected chi connectivity index (χ3v) is 2.90. The molecule has 0 aliphatic rings. The van der Waals surface area contributed by atoms with Crippen LogP contribution in [0.4, 0.5) is 5.69 Å². The molecule has 0 spiro atoms. The van der Waals surface area contributed by atoms with Crippen LogP contribution in [0, 0.1) is 12.3 Å². The standard InChI is InChI=1S/C17H25NO2/c1-6-14-9-8-10-15(11-14)18(7-2)12-16(19)13-20-17(3,4)5/h1,8-11,16,19H,7,12-13H2,2-5H3. The molecular formula is C17H25NO2. The van der Waals surface area contributed by atoms with Crippen LogP contribution >= 0.6 is 0 Å². The molecule has 0 saturated carbocycles. The van der Waals surface area contributed by atoms with Gasteiger partial charge in [-0.05, 0) is 45.9 Å². The van der Waals surface area contributed by atoms with E-state index in [2.05, 4.69) is 17.7 Å². The fraction of sp³-hybridized carbons (Fsp3) is 0.529. The summed E-state index contributed by atoms with van der Waals surface area (Å²) in [6.45, 7) is 9.66. The van der Waals surface area contributed by atoms with E-state index in [1.165, 1.54) is 0 Å². The van der Waals surface area contributed by atoms with Crippen LogP contribution in [0.15, 0.2) is 24.3 Å². The van der Waals surface area contributed by atoms with Crippen molar-refractivity contribution in [2.75, 3.05) is 24.6 Å². The van der Waals surface area contributed by atoms with E-state index in [0.29, 0.717) is 13.2 Å². The van der Waals surface area contributed by atoms with Gasteiger partial charge in [0, 0.05) is 24.3 Å². The summed E-state index contributed by atoms with van der Waals surface area (Å²) in [7, 11) is 0. The Morgan fingerprint density at radius 2 is 2.10 bits per heavy atom. The number of benzene rings is 1. The molecule has 0 bridgehead atoms. The minimum atomic E-state index is -0.524. The number of ether oxygens (including phenoxy) is 1. The Bertz CT molecular complexity index is 457. The van der Waals surface area contributed by atoms with E-state index in [-0.39, 0.29) is 5.60 Å². The second-order valence-corrected chi connectivity index (χ2v) is 5.81. The van der Waals surface area contributed by atoms with Crippen LogP contribution < -0.4 is 4.90 Å². The number of aliphatic hydroxyl groups is 1. The van der Waals surface area contributed by atoms with Crippen molar-refractivity contribution < 1.29 is 9.84 Å². The Morgan fingerprint density at radius 1 is 1.40 bits per heavy atom. The van der Waals surface area contributed by atoms with E-state index in [4.69, 9.17) is 11.2 Å². The van der Waals surface area contributed by atoms with E-state index >= 15 is 0 Å². The van der Waals surface area contributed by atoms with Gasteiger partial charge < -0.3 is 14.7 Å². The Kier molecular flexibility index (Phi) is 6.06. The second kappa shape index (κ2) is 7.33. The van der Waals surface area contributed by atoms with E-state index < -0.39 is 6.10 Å². The van der Waals surface area contributed by atoms with Crippen molar-refractivity contribution in [3.05, 3.63) is 29.8 Å². The summed E-state index contributed by atoms with van der Waals surface area (Å²) >= 11 is 0. The number of terminal acetylenes is 1. The molecular weight excluding hydrogens is 250 g/mol. The zero-order valence-electron chi connectivity index (χ0n) is 12.9. The maximum atomic E-state index is 10.1. The lowest BCUT2D eigenvalue weighted by Gasteiger charge is -2.28. The van der Waals surface area contributed by atoms with Gasteiger partial charge in [-0.15, -0.1) is 6.42 Å². The first-order valence-corrected chi connectivity index (χ1v) is 6.99. The van der Waals surface area contributed by atoms with E-state index in [0.717, 1.165) is 17.8 Å². The Labute approximate surface area is 122 Å². The number of aliphatic hydroxyl groups excluding tert-OH is 1. The first-order chi connectivity index (χ1) is 9.35. The van der Waals surface area contributed by atoms with E-state index in [1.54, 1.807) is 0 Å². The molecule has 0 heterocycles. The predicted octanol–water partition coefficient (Wildman–Crippen LogP) is 2.67. The van der Waals surface area contributed by atoms with Crippen molar-refractivity contribution in [2.24, 2.45) is 0 Å². The zero-order valence-corrected chi connectivity index (χ0v) is 12.9. The summed E-state index contributed by atoms with van der Waals surface area (Å²) in [6, 6.07) is 7.80. The van der Waals surface area contributed by atoms with Gasteiger partial charge in [-0.2, -0.15) is 0 Å². The monoisotopic (exact) mass is 275 g/mol. The van der Waals surface area contributed by atoms with Gasteiger partial charge in [-0.3, -0.25) is 0 Å². The molecule has 1 aromatic carbocycles. The molecule has 0 saturated heterocycles. The molecule has 1 rings (SSSR count). The molecule has 0 aromatic heterocycles. The third kappa shape index (κ3) is 5.64. The fourth-order valence-electron chi connectivity index (χ4n) is 1.86. The zero-order chi connectivity index (χ0) is 15.2. The van der Waals surface area contributed by atoms with Gasteiger partial charge in [0.25, 0.3) is 0 Å². The summed E-state index contributed by atoms with van der Waals surface area (Å²) in [5, 5.41) is 10.1. The van der Waals surface area contributed by atoms with Crippen molar-refractivity contribution in [2.45, 2.75) is 39.4 Å². The molecule has 0 aliphatic heterocycles. The molecule has 0 fully saturated rings. The summed E-state index contributed by atoms with van der Waals surface area (Å²) in [6.07, 6.45) is 4.89. The van der Waals surface area contributed by atoms with Crippen LogP contribution in [0.5, 0.6) is 0 Å². The number of anilines is 1. The second-order valence-electron chi connectivity index (χ2n) is 5.81. The molecule has 110 valence electrons.